The molecule has 1 aromatic rings. The zero-order valence-corrected chi connectivity index (χ0v) is 10.1. The van der Waals surface area contributed by atoms with E-state index in [2.05, 4.69) is 12.2 Å². The first-order valence-corrected chi connectivity index (χ1v) is 5.77. The molecule has 0 aliphatic carbocycles. The fraction of sp³-hybridized carbons (Fsp3) is 0.538. The fourth-order valence-corrected chi connectivity index (χ4v) is 1.98. The molecule has 17 heavy (non-hydrogen) atoms. The van der Waals surface area contributed by atoms with Crippen molar-refractivity contribution in [3.8, 4) is 0 Å². The highest BCUT2D eigenvalue weighted by Gasteiger charge is 2.33. The maximum Gasteiger partial charge on any atom is 0.130 e. The molecule has 1 N–H and O–H groups in total. The minimum absolute atomic E-state index is 0.0932. The summed E-state index contributed by atoms with van der Waals surface area (Å²) < 4.78 is 32.2. The Morgan fingerprint density at radius 3 is 2.41 bits per heavy atom. The van der Waals surface area contributed by atoms with Crippen LogP contribution in [0.15, 0.2) is 18.2 Å². The minimum atomic E-state index is -0.500. The van der Waals surface area contributed by atoms with Crippen LogP contribution >= 0.6 is 0 Å². The predicted molar refractivity (Wildman–Crippen MR) is 61.7 cm³/mol. The molecule has 1 aliphatic rings. The lowest BCUT2D eigenvalue weighted by molar-refractivity contribution is -0.0999. The van der Waals surface area contributed by atoms with Crippen molar-refractivity contribution in [1.29, 1.82) is 0 Å². The summed E-state index contributed by atoms with van der Waals surface area (Å²) >= 11 is 0. The van der Waals surface area contributed by atoms with Crippen LogP contribution in [0.3, 0.4) is 0 Å². The summed E-state index contributed by atoms with van der Waals surface area (Å²) in [6.07, 6.45) is 0. The topological polar surface area (TPSA) is 21.3 Å². The largest absolute Gasteiger partial charge is 0.380 e. The van der Waals surface area contributed by atoms with Gasteiger partial charge in [-0.15, -0.1) is 0 Å². The molecule has 2 nitrogen and oxygen atoms in total. The second-order valence-corrected chi connectivity index (χ2v) is 5.04. The molecular formula is C13H17F2NO. The van der Waals surface area contributed by atoms with Gasteiger partial charge in [0.05, 0.1) is 13.2 Å². The van der Waals surface area contributed by atoms with Gasteiger partial charge in [0.25, 0.3) is 0 Å². The van der Waals surface area contributed by atoms with Crippen molar-refractivity contribution in [3.05, 3.63) is 35.4 Å². The van der Waals surface area contributed by atoms with Crippen LogP contribution in [0.25, 0.3) is 0 Å². The first kappa shape index (κ1) is 12.5. The first-order chi connectivity index (χ1) is 8.02. The standard InChI is InChI=1S/C13H17F2NO/c1-9(16-6-13(2)7-17-8-13)12-10(14)4-3-5-11(12)15/h3-5,9,16H,6-8H2,1-2H3. The maximum absolute atomic E-state index is 13.5. The lowest BCUT2D eigenvalue weighted by Gasteiger charge is -2.39. The highest BCUT2D eigenvalue weighted by atomic mass is 19.1. The third-order valence-electron chi connectivity index (χ3n) is 3.17. The van der Waals surface area contributed by atoms with Gasteiger partial charge in [-0.1, -0.05) is 13.0 Å². The molecule has 1 atom stereocenters. The summed E-state index contributed by atoms with van der Waals surface area (Å²) in [5.41, 5.74) is 0.201. The molecular weight excluding hydrogens is 224 g/mol. The van der Waals surface area contributed by atoms with Crippen LogP contribution < -0.4 is 5.32 Å². The molecule has 0 aromatic heterocycles. The number of rotatable bonds is 4. The molecule has 1 aliphatic heterocycles. The van der Waals surface area contributed by atoms with E-state index in [-0.39, 0.29) is 17.0 Å². The number of benzene rings is 1. The molecule has 4 heteroatoms. The molecule has 0 radical (unpaired) electrons. The summed E-state index contributed by atoms with van der Waals surface area (Å²) in [6.45, 7) is 5.96. The summed E-state index contributed by atoms with van der Waals surface area (Å²) in [7, 11) is 0. The Bertz CT molecular complexity index is 384. The number of ether oxygens (including phenoxy) is 1. The second kappa shape index (κ2) is 4.70. The van der Waals surface area contributed by atoms with Crippen molar-refractivity contribution >= 4 is 0 Å². The predicted octanol–water partition coefficient (Wildman–Crippen LogP) is 2.65. The zero-order valence-electron chi connectivity index (χ0n) is 10.1. The monoisotopic (exact) mass is 241 g/mol. The van der Waals surface area contributed by atoms with E-state index in [1.165, 1.54) is 18.2 Å². The molecule has 94 valence electrons. The van der Waals surface area contributed by atoms with Gasteiger partial charge >= 0.3 is 0 Å². The molecule has 1 unspecified atom stereocenters. The minimum Gasteiger partial charge on any atom is -0.380 e. The average Bonchev–Trinajstić information content (AvgIpc) is 2.23. The third-order valence-corrected chi connectivity index (χ3v) is 3.17. The van der Waals surface area contributed by atoms with Crippen molar-refractivity contribution in [1.82, 2.24) is 5.32 Å². The van der Waals surface area contributed by atoms with Crippen molar-refractivity contribution < 1.29 is 13.5 Å². The molecule has 0 bridgehead atoms. The maximum atomic E-state index is 13.5. The first-order valence-electron chi connectivity index (χ1n) is 5.77. The Labute approximate surface area is 100.0 Å². The van der Waals surface area contributed by atoms with E-state index in [0.29, 0.717) is 19.8 Å². The summed E-state index contributed by atoms with van der Waals surface area (Å²) in [6, 6.07) is 3.60. The van der Waals surface area contributed by atoms with Crippen molar-refractivity contribution in [3.63, 3.8) is 0 Å². The van der Waals surface area contributed by atoms with Gasteiger partial charge in [-0.05, 0) is 19.1 Å². The van der Waals surface area contributed by atoms with Crippen LogP contribution in [0.2, 0.25) is 0 Å². The van der Waals surface area contributed by atoms with E-state index in [4.69, 9.17) is 4.74 Å². The Kier molecular flexibility index (Phi) is 3.45. The van der Waals surface area contributed by atoms with Crippen LogP contribution in [0.1, 0.15) is 25.5 Å². The number of nitrogens with one attached hydrogen (secondary N) is 1. The van der Waals surface area contributed by atoms with Crippen LogP contribution in [0.5, 0.6) is 0 Å². The Hall–Kier alpha value is -1.00. The van der Waals surface area contributed by atoms with Gasteiger partial charge in [-0.3, -0.25) is 0 Å². The van der Waals surface area contributed by atoms with E-state index in [1.807, 2.05) is 0 Å². The smallest absolute Gasteiger partial charge is 0.130 e. The molecule has 1 fully saturated rings. The zero-order chi connectivity index (χ0) is 12.5. The average molecular weight is 241 g/mol. The lowest BCUT2D eigenvalue weighted by atomic mass is 9.88. The van der Waals surface area contributed by atoms with Gasteiger partial charge in [0.1, 0.15) is 11.6 Å². The van der Waals surface area contributed by atoms with Crippen LogP contribution in [-0.2, 0) is 4.74 Å². The highest BCUT2D eigenvalue weighted by Crippen LogP contribution is 2.27. The molecule has 2 rings (SSSR count). The SMILES string of the molecule is CC(NCC1(C)COC1)c1c(F)cccc1F. The Morgan fingerprint density at radius 2 is 1.94 bits per heavy atom. The summed E-state index contributed by atoms with van der Waals surface area (Å²) in [5.74, 6) is -1.000. The molecule has 1 aromatic carbocycles. The second-order valence-electron chi connectivity index (χ2n) is 5.04. The summed E-state index contributed by atoms with van der Waals surface area (Å²) in [4.78, 5) is 0. The summed E-state index contributed by atoms with van der Waals surface area (Å²) in [5, 5.41) is 3.16. The van der Waals surface area contributed by atoms with Crippen molar-refractivity contribution in [2.45, 2.75) is 19.9 Å². The van der Waals surface area contributed by atoms with Crippen LogP contribution in [-0.4, -0.2) is 19.8 Å². The van der Waals surface area contributed by atoms with Gasteiger partial charge in [0.15, 0.2) is 0 Å². The van der Waals surface area contributed by atoms with Crippen molar-refractivity contribution in [2.24, 2.45) is 5.41 Å². The van der Waals surface area contributed by atoms with Gasteiger partial charge in [0, 0.05) is 23.6 Å². The van der Waals surface area contributed by atoms with Gasteiger partial charge in [-0.25, -0.2) is 8.78 Å². The van der Waals surface area contributed by atoms with E-state index in [0.717, 1.165) is 0 Å². The lowest BCUT2D eigenvalue weighted by Crippen LogP contribution is -2.47. The fourth-order valence-electron chi connectivity index (χ4n) is 1.98. The van der Waals surface area contributed by atoms with Crippen LogP contribution in [0.4, 0.5) is 8.78 Å². The molecule has 1 heterocycles. The molecule has 0 saturated carbocycles. The third kappa shape index (κ3) is 2.64. The number of halogens is 2. The van der Waals surface area contributed by atoms with E-state index in [1.54, 1.807) is 6.92 Å². The van der Waals surface area contributed by atoms with E-state index < -0.39 is 11.6 Å². The highest BCUT2D eigenvalue weighted by molar-refractivity contribution is 5.22. The quantitative estimate of drug-likeness (QED) is 0.875. The van der Waals surface area contributed by atoms with Crippen molar-refractivity contribution in [2.75, 3.05) is 19.8 Å². The molecule has 1 saturated heterocycles. The van der Waals surface area contributed by atoms with Gasteiger partial charge in [0.2, 0.25) is 0 Å². The van der Waals surface area contributed by atoms with Gasteiger partial charge < -0.3 is 10.1 Å². The Balaban J connectivity index is 2.01. The van der Waals surface area contributed by atoms with Gasteiger partial charge in [-0.2, -0.15) is 0 Å². The molecule has 0 spiro atoms. The number of hydrogen-bond donors (Lipinski definition) is 1. The van der Waals surface area contributed by atoms with E-state index >= 15 is 0 Å². The van der Waals surface area contributed by atoms with Crippen LogP contribution in [0, 0.1) is 17.0 Å². The normalized spacial score (nSPS) is 19.8. The molecule has 0 amide bonds. The van der Waals surface area contributed by atoms with E-state index in [9.17, 15) is 8.78 Å². The Morgan fingerprint density at radius 1 is 1.35 bits per heavy atom. The number of hydrogen-bond acceptors (Lipinski definition) is 2.